The Morgan fingerprint density at radius 1 is 0.947 bits per heavy atom. The molecule has 2 aromatic carbocycles. The molecule has 0 saturated carbocycles. The van der Waals surface area contributed by atoms with E-state index in [2.05, 4.69) is 10.3 Å². The molecule has 0 spiro atoms. The molecule has 196 valence electrons. The van der Waals surface area contributed by atoms with Crippen LogP contribution in [0.25, 0.3) is 21.2 Å². The van der Waals surface area contributed by atoms with Crippen LogP contribution in [0.1, 0.15) is 31.5 Å². The van der Waals surface area contributed by atoms with Gasteiger partial charge in [0.2, 0.25) is 0 Å². The van der Waals surface area contributed by atoms with Crippen molar-refractivity contribution in [2.75, 3.05) is 26.2 Å². The SMILES string of the molecule is O=C(c1nccs1)N1CCC(NC2CN(C(=O)c3sc4cc(-c5ccccc5)ccc4c3C(F)(F)F)C2)C1. The first-order chi connectivity index (χ1) is 18.3. The van der Waals surface area contributed by atoms with Gasteiger partial charge in [0.05, 0.1) is 5.56 Å². The Kier molecular flexibility index (Phi) is 6.45. The number of benzene rings is 2. The van der Waals surface area contributed by atoms with E-state index in [1.165, 1.54) is 22.3 Å². The number of amides is 2. The Labute approximate surface area is 224 Å². The zero-order valence-corrected chi connectivity index (χ0v) is 21.7. The van der Waals surface area contributed by atoms with Crippen LogP contribution in [0, 0.1) is 0 Å². The topological polar surface area (TPSA) is 65.5 Å². The van der Waals surface area contributed by atoms with Gasteiger partial charge in [-0.15, -0.1) is 22.7 Å². The van der Waals surface area contributed by atoms with Crippen LogP contribution in [0.2, 0.25) is 0 Å². The van der Waals surface area contributed by atoms with Crippen LogP contribution < -0.4 is 5.32 Å². The molecule has 0 radical (unpaired) electrons. The molecule has 4 heterocycles. The summed E-state index contributed by atoms with van der Waals surface area (Å²) >= 11 is 2.21. The van der Waals surface area contributed by atoms with E-state index < -0.39 is 17.6 Å². The third kappa shape index (κ3) is 4.70. The second kappa shape index (κ2) is 9.79. The minimum absolute atomic E-state index is 0.0211. The summed E-state index contributed by atoms with van der Waals surface area (Å²) in [6.07, 6.45) is -2.26. The number of carbonyl (C=O) groups is 2. The lowest BCUT2D eigenvalue weighted by molar-refractivity contribution is -0.136. The highest BCUT2D eigenvalue weighted by atomic mass is 32.1. The zero-order chi connectivity index (χ0) is 26.4. The fourth-order valence-corrected chi connectivity index (χ4v) is 6.94. The smallest absolute Gasteiger partial charge is 0.335 e. The van der Waals surface area contributed by atoms with E-state index in [1.54, 1.807) is 28.6 Å². The Balaban J connectivity index is 1.14. The van der Waals surface area contributed by atoms with E-state index in [0.29, 0.717) is 35.9 Å². The summed E-state index contributed by atoms with van der Waals surface area (Å²) in [6.45, 7) is 1.82. The van der Waals surface area contributed by atoms with E-state index in [-0.39, 0.29) is 28.3 Å². The highest BCUT2D eigenvalue weighted by Gasteiger charge is 2.42. The molecule has 11 heteroatoms. The minimum atomic E-state index is -4.64. The largest absolute Gasteiger partial charge is 0.418 e. The van der Waals surface area contributed by atoms with E-state index >= 15 is 0 Å². The van der Waals surface area contributed by atoms with E-state index in [0.717, 1.165) is 28.9 Å². The van der Waals surface area contributed by atoms with Crippen LogP contribution in [0.3, 0.4) is 0 Å². The van der Waals surface area contributed by atoms with Gasteiger partial charge in [-0.1, -0.05) is 42.5 Å². The van der Waals surface area contributed by atoms with Crippen LogP contribution in [-0.4, -0.2) is 64.9 Å². The molecule has 2 fully saturated rings. The maximum absolute atomic E-state index is 14.1. The molecule has 0 bridgehead atoms. The van der Waals surface area contributed by atoms with Gasteiger partial charge in [0.1, 0.15) is 4.88 Å². The molecule has 2 aromatic heterocycles. The lowest BCUT2D eigenvalue weighted by atomic mass is 10.0. The molecule has 1 N–H and O–H groups in total. The number of hydrogen-bond acceptors (Lipinski definition) is 6. The second-order valence-corrected chi connectivity index (χ2v) is 11.5. The summed E-state index contributed by atoms with van der Waals surface area (Å²) in [5.74, 6) is -0.681. The van der Waals surface area contributed by atoms with Crippen LogP contribution in [0.15, 0.2) is 60.1 Å². The number of hydrogen-bond donors (Lipinski definition) is 1. The summed E-state index contributed by atoms with van der Waals surface area (Å²) in [4.78, 5) is 32.8. The first-order valence-electron chi connectivity index (χ1n) is 12.2. The number of likely N-dealkylation sites (tertiary alicyclic amines) is 2. The summed E-state index contributed by atoms with van der Waals surface area (Å²) < 4.78 is 42.8. The second-order valence-electron chi connectivity index (χ2n) is 9.53. The maximum atomic E-state index is 14.1. The molecule has 0 aliphatic carbocycles. The number of carbonyl (C=O) groups excluding carboxylic acids is 2. The van der Waals surface area contributed by atoms with Gasteiger partial charge in [-0.2, -0.15) is 13.2 Å². The lowest BCUT2D eigenvalue weighted by Crippen LogP contribution is -2.62. The molecule has 2 aliphatic heterocycles. The molecule has 6 rings (SSSR count). The minimum Gasteiger partial charge on any atom is -0.335 e. The lowest BCUT2D eigenvalue weighted by Gasteiger charge is -2.41. The van der Waals surface area contributed by atoms with Gasteiger partial charge in [-0.3, -0.25) is 9.59 Å². The fraction of sp³-hybridized carbons (Fsp3) is 0.296. The first-order valence-corrected chi connectivity index (χ1v) is 13.9. The van der Waals surface area contributed by atoms with Crippen molar-refractivity contribution in [3.05, 3.63) is 75.6 Å². The number of fused-ring (bicyclic) bond motifs is 1. The number of nitrogens with one attached hydrogen (secondary N) is 1. The monoisotopic (exact) mass is 556 g/mol. The normalized spacial score (nSPS) is 18.2. The molecular weight excluding hydrogens is 533 g/mol. The predicted octanol–water partition coefficient (Wildman–Crippen LogP) is 5.37. The molecule has 2 aliphatic rings. The number of aromatic nitrogens is 1. The van der Waals surface area contributed by atoms with Crippen LogP contribution in [0.5, 0.6) is 0 Å². The van der Waals surface area contributed by atoms with Crippen LogP contribution in [-0.2, 0) is 6.18 Å². The molecule has 6 nitrogen and oxygen atoms in total. The Morgan fingerprint density at radius 3 is 2.42 bits per heavy atom. The molecule has 1 unspecified atom stereocenters. The van der Waals surface area contributed by atoms with Gasteiger partial charge in [0.15, 0.2) is 5.01 Å². The van der Waals surface area contributed by atoms with Gasteiger partial charge in [0, 0.05) is 59.9 Å². The molecule has 2 amide bonds. The van der Waals surface area contributed by atoms with E-state index in [1.807, 2.05) is 30.3 Å². The van der Waals surface area contributed by atoms with Crippen molar-refractivity contribution in [2.24, 2.45) is 0 Å². The number of thiophene rings is 1. The van der Waals surface area contributed by atoms with Gasteiger partial charge >= 0.3 is 6.18 Å². The van der Waals surface area contributed by atoms with Crippen LogP contribution in [0.4, 0.5) is 13.2 Å². The average Bonchev–Trinajstić information content (AvgIpc) is 3.64. The molecule has 38 heavy (non-hydrogen) atoms. The van der Waals surface area contributed by atoms with Gasteiger partial charge in [-0.05, 0) is 23.6 Å². The summed E-state index contributed by atoms with van der Waals surface area (Å²) in [7, 11) is 0. The van der Waals surface area contributed by atoms with Gasteiger partial charge < -0.3 is 15.1 Å². The van der Waals surface area contributed by atoms with Crippen molar-refractivity contribution in [3.63, 3.8) is 0 Å². The third-order valence-electron chi connectivity index (χ3n) is 7.01. The molecule has 4 aromatic rings. The number of rotatable bonds is 5. The van der Waals surface area contributed by atoms with E-state index in [4.69, 9.17) is 0 Å². The highest BCUT2D eigenvalue weighted by Crippen LogP contribution is 2.44. The number of thiazole rings is 1. The standard InChI is InChI=1S/C27H23F3N4O2S2/c28-27(29,30)22-20-7-6-17(16-4-2-1-3-5-16)12-21(20)38-23(22)25(35)34-14-19(15-34)32-18-8-10-33(13-18)26(36)24-31-9-11-37-24/h1-7,9,11-12,18-19,32H,8,10,13-15H2. The van der Waals surface area contributed by atoms with Gasteiger partial charge in [-0.25, -0.2) is 4.98 Å². The van der Waals surface area contributed by atoms with E-state index in [9.17, 15) is 22.8 Å². The number of halogens is 3. The Morgan fingerprint density at radius 2 is 1.71 bits per heavy atom. The Hall–Kier alpha value is -3.28. The van der Waals surface area contributed by atoms with Crippen molar-refractivity contribution in [3.8, 4) is 11.1 Å². The molecular formula is C27H23F3N4O2S2. The van der Waals surface area contributed by atoms with Crippen LogP contribution >= 0.6 is 22.7 Å². The van der Waals surface area contributed by atoms with Crippen molar-refractivity contribution < 1.29 is 22.8 Å². The summed E-state index contributed by atoms with van der Waals surface area (Å²) in [5, 5.41) is 5.74. The summed E-state index contributed by atoms with van der Waals surface area (Å²) in [5.41, 5.74) is 0.851. The Bertz CT molecular complexity index is 1480. The average molecular weight is 557 g/mol. The predicted molar refractivity (Wildman–Crippen MR) is 142 cm³/mol. The van der Waals surface area contributed by atoms with Crippen molar-refractivity contribution in [1.82, 2.24) is 20.1 Å². The highest BCUT2D eigenvalue weighted by molar-refractivity contribution is 7.21. The quantitative estimate of drug-likeness (QED) is 0.359. The first kappa shape index (κ1) is 25.0. The molecule has 1 atom stereocenters. The maximum Gasteiger partial charge on any atom is 0.418 e. The number of alkyl halides is 3. The molecule has 2 saturated heterocycles. The van der Waals surface area contributed by atoms with Gasteiger partial charge in [0.25, 0.3) is 11.8 Å². The zero-order valence-electron chi connectivity index (χ0n) is 20.1. The fourth-order valence-electron chi connectivity index (χ4n) is 5.11. The number of nitrogens with zero attached hydrogens (tertiary/aromatic N) is 3. The third-order valence-corrected chi connectivity index (χ3v) is 8.91. The van der Waals surface area contributed by atoms with Crippen molar-refractivity contribution in [1.29, 1.82) is 0 Å². The van der Waals surface area contributed by atoms with Crippen molar-refractivity contribution in [2.45, 2.75) is 24.7 Å². The van der Waals surface area contributed by atoms with Crippen molar-refractivity contribution >= 4 is 44.6 Å². The summed E-state index contributed by atoms with van der Waals surface area (Å²) in [6, 6.07) is 14.3.